The number of carbonyl (C=O) groups excluding carboxylic acids is 2. The second kappa shape index (κ2) is 6.06. The number of rotatable bonds is 3. The summed E-state index contributed by atoms with van der Waals surface area (Å²) in [6.45, 7) is 2.58. The van der Waals surface area contributed by atoms with E-state index < -0.39 is 71.3 Å². The minimum atomic E-state index is -1.88. The van der Waals surface area contributed by atoms with Crippen LogP contribution < -0.4 is 4.74 Å². The molecule has 1 saturated heterocycles. The number of cyclic esters (lactones) is 2. The zero-order valence-electron chi connectivity index (χ0n) is 13.6. The normalized spacial score (nSPS) is 17.0. The number of aliphatic hydroxyl groups is 1. The predicted molar refractivity (Wildman–Crippen MR) is 72.5 cm³/mol. The Labute approximate surface area is 135 Å². The first-order valence-electron chi connectivity index (χ1n) is 7.25. The summed E-state index contributed by atoms with van der Waals surface area (Å²) in [5, 5.41) is 9.96. The molecule has 1 fully saturated rings. The molecule has 0 bridgehead atoms. The monoisotopic (exact) mass is 347 g/mol. The first-order valence-corrected chi connectivity index (χ1v) is 6.54. The van der Waals surface area contributed by atoms with E-state index in [2.05, 4.69) is 4.74 Å². The van der Waals surface area contributed by atoms with Gasteiger partial charge in [-0.1, -0.05) is 0 Å². The fourth-order valence-corrected chi connectivity index (χ4v) is 2.02. The zero-order chi connectivity index (χ0) is 18.9. The number of halogens is 3. The van der Waals surface area contributed by atoms with Gasteiger partial charge in [0.05, 0.1) is 8.46 Å². The summed E-state index contributed by atoms with van der Waals surface area (Å²) in [7, 11) is -0.762. The highest BCUT2D eigenvalue weighted by Crippen LogP contribution is 2.29. The predicted octanol–water partition coefficient (Wildman–Crippen LogP) is 2.30. The Morgan fingerprint density at radius 1 is 1.21 bits per heavy atom. The number of esters is 2. The van der Waals surface area contributed by atoms with Crippen molar-refractivity contribution in [2.24, 2.45) is 0 Å². The molecule has 2 rings (SSSR count). The summed E-state index contributed by atoms with van der Waals surface area (Å²) >= 11 is 0. The van der Waals surface area contributed by atoms with Crippen molar-refractivity contribution in [3.05, 3.63) is 40.4 Å². The molecule has 0 aliphatic carbocycles. The molecule has 0 saturated carbocycles. The molecule has 0 atom stereocenters. The van der Waals surface area contributed by atoms with Crippen LogP contribution in [0.15, 0.2) is 17.4 Å². The lowest BCUT2D eigenvalue weighted by Crippen LogP contribution is -2.42. The molecule has 0 spiro atoms. The van der Waals surface area contributed by atoms with Gasteiger partial charge < -0.3 is 19.3 Å². The summed E-state index contributed by atoms with van der Waals surface area (Å²) < 4.78 is 61.8. The van der Waals surface area contributed by atoms with Gasteiger partial charge in [-0.2, -0.15) is 4.39 Å². The summed E-state index contributed by atoms with van der Waals surface area (Å²) in [5.41, 5.74) is -1.48. The summed E-state index contributed by atoms with van der Waals surface area (Å²) in [5.74, 6) is -10.8. The molecule has 0 aromatic heterocycles. The Balaban J connectivity index is 2.42. The van der Waals surface area contributed by atoms with E-state index in [1.165, 1.54) is 13.8 Å². The fraction of sp³-hybridized carbons (Fsp3) is 0.333. The van der Waals surface area contributed by atoms with E-state index in [0.717, 1.165) is 0 Å². The first kappa shape index (κ1) is 16.2. The van der Waals surface area contributed by atoms with Crippen LogP contribution >= 0.6 is 0 Å². The molecule has 1 aromatic rings. The maximum absolute atomic E-state index is 13.8. The third-order valence-electron chi connectivity index (χ3n) is 3.08. The van der Waals surface area contributed by atoms with Gasteiger partial charge in [-0.3, -0.25) is 0 Å². The minimum Gasteiger partial charge on any atom is -0.511 e. The van der Waals surface area contributed by atoms with Gasteiger partial charge in [0.2, 0.25) is 5.82 Å². The maximum atomic E-state index is 13.8. The van der Waals surface area contributed by atoms with Crippen LogP contribution in [0.3, 0.4) is 0 Å². The molecule has 24 heavy (non-hydrogen) atoms. The van der Waals surface area contributed by atoms with E-state index in [1.54, 1.807) is 0 Å². The molecule has 1 aliphatic heterocycles. The van der Waals surface area contributed by atoms with E-state index in [1.807, 2.05) is 0 Å². The highest BCUT2D eigenvalue weighted by molar-refractivity contribution is 6.15. The van der Waals surface area contributed by atoms with E-state index in [4.69, 9.17) is 10.8 Å². The molecule has 1 aromatic carbocycles. The lowest BCUT2D eigenvalue weighted by Gasteiger charge is -2.30. The average Bonchev–Trinajstić information content (AvgIpc) is 2.48. The lowest BCUT2D eigenvalue weighted by atomic mass is 10.0. The number of aliphatic hydroxyl groups excluding tert-OH is 1. The van der Waals surface area contributed by atoms with Crippen molar-refractivity contribution in [3.8, 4) is 5.75 Å². The van der Waals surface area contributed by atoms with Gasteiger partial charge in [0.15, 0.2) is 23.0 Å². The zero-order valence-corrected chi connectivity index (χ0v) is 12.6. The van der Waals surface area contributed by atoms with Crippen molar-refractivity contribution in [3.63, 3.8) is 0 Å². The number of carbonyl (C=O) groups is 2. The Morgan fingerprint density at radius 3 is 2.33 bits per heavy atom. The Kier molecular flexibility index (Phi) is 4.08. The van der Waals surface area contributed by atoms with Crippen molar-refractivity contribution >= 4 is 11.9 Å². The first-order chi connectivity index (χ1) is 11.6. The number of allylic oxidation sites excluding steroid dienone is 1. The molecule has 1 aliphatic rings. The molecule has 6 nitrogen and oxygen atoms in total. The standard InChI is InChI=1S/C15H13F3O6/c1-15(2)23-13(20)9(14(21)24-15)7(19)4-6-5-8(22-3)11(17)12(18)10(6)16/h5,19H,4H2,1-3H3/i3D. The van der Waals surface area contributed by atoms with Gasteiger partial charge in [0.1, 0.15) is 5.76 Å². The van der Waals surface area contributed by atoms with Gasteiger partial charge in [0.25, 0.3) is 5.79 Å². The summed E-state index contributed by atoms with van der Waals surface area (Å²) in [6, 6.07) is 0.711. The number of benzene rings is 1. The number of ether oxygens (including phenoxy) is 3. The van der Waals surface area contributed by atoms with Crippen molar-refractivity contribution in [2.45, 2.75) is 26.1 Å². The fourth-order valence-electron chi connectivity index (χ4n) is 2.02. The van der Waals surface area contributed by atoms with Gasteiger partial charge in [-0.05, 0) is 6.07 Å². The summed E-state index contributed by atoms with van der Waals surface area (Å²) in [4.78, 5) is 23.6. The van der Waals surface area contributed by atoms with Gasteiger partial charge in [0, 0.05) is 25.8 Å². The van der Waals surface area contributed by atoms with Crippen molar-refractivity contribution < 1.29 is 43.4 Å². The van der Waals surface area contributed by atoms with E-state index in [-0.39, 0.29) is 0 Å². The molecule has 0 unspecified atom stereocenters. The van der Waals surface area contributed by atoms with Crippen LogP contribution in [0.1, 0.15) is 20.8 Å². The van der Waals surface area contributed by atoms with Crippen molar-refractivity contribution in [2.75, 3.05) is 7.09 Å². The van der Waals surface area contributed by atoms with Crippen LogP contribution in [0.5, 0.6) is 5.75 Å². The van der Waals surface area contributed by atoms with Gasteiger partial charge in [-0.25, -0.2) is 18.4 Å². The Bertz CT molecular complexity index is 753. The molecular formula is C15H13F3O6. The Hall–Kier alpha value is -2.71. The third-order valence-corrected chi connectivity index (χ3v) is 3.08. The number of methoxy groups -OCH3 is 1. The van der Waals surface area contributed by atoms with E-state index >= 15 is 0 Å². The van der Waals surface area contributed by atoms with E-state index in [0.29, 0.717) is 6.07 Å². The molecule has 1 heterocycles. The van der Waals surface area contributed by atoms with Crippen LogP contribution in [0.2, 0.25) is 0 Å². The highest BCUT2D eigenvalue weighted by Gasteiger charge is 2.41. The quantitative estimate of drug-likeness (QED) is 0.297. The largest absolute Gasteiger partial charge is 0.511 e. The number of hydrogen-bond acceptors (Lipinski definition) is 6. The van der Waals surface area contributed by atoms with E-state index in [9.17, 15) is 27.9 Å². The highest BCUT2D eigenvalue weighted by atomic mass is 19.2. The molecule has 1 N–H and O–H groups in total. The molecule has 0 radical (unpaired) electrons. The molecule has 130 valence electrons. The SMILES string of the molecule is [2H]COc1cc(CC(O)=C2C(=O)OC(C)(C)OC2=O)c(F)c(F)c1F. The third kappa shape index (κ3) is 3.15. The smallest absolute Gasteiger partial charge is 0.352 e. The molecule has 0 amide bonds. The van der Waals surface area contributed by atoms with Crippen LogP contribution in [-0.4, -0.2) is 29.9 Å². The lowest BCUT2D eigenvalue weighted by molar-refractivity contribution is -0.222. The van der Waals surface area contributed by atoms with Gasteiger partial charge >= 0.3 is 11.9 Å². The van der Waals surface area contributed by atoms with Crippen molar-refractivity contribution in [1.82, 2.24) is 0 Å². The van der Waals surface area contributed by atoms with Crippen LogP contribution in [-0.2, 0) is 25.5 Å². The maximum Gasteiger partial charge on any atom is 0.352 e. The minimum absolute atomic E-state index is 0.599. The second-order valence-corrected chi connectivity index (χ2v) is 5.30. The molecular weight excluding hydrogens is 333 g/mol. The molecule has 9 heteroatoms. The van der Waals surface area contributed by atoms with Crippen molar-refractivity contribution in [1.29, 1.82) is 0 Å². The average molecular weight is 347 g/mol. The Morgan fingerprint density at radius 2 is 1.79 bits per heavy atom. The van der Waals surface area contributed by atoms with Crippen LogP contribution in [0, 0.1) is 17.5 Å². The topological polar surface area (TPSA) is 82.1 Å². The second-order valence-electron chi connectivity index (χ2n) is 5.30. The van der Waals surface area contributed by atoms with Gasteiger partial charge in [-0.15, -0.1) is 0 Å². The van der Waals surface area contributed by atoms with Crippen LogP contribution in [0.25, 0.3) is 0 Å². The van der Waals surface area contributed by atoms with Crippen LogP contribution in [0.4, 0.5) is 13.2 Å². The number of hydrogen-bond donors (Lipinski definition) is 1. The summed E-state index contributed by atoms with van der Waals surface area (Å²) in [6.07, 6.45) is -0.836.